The van der Waals surface area contributed by atoms with Crippen LogP contribution in [0, 0.1) is 0 Å². The summed E-state index contributed by atoms with van der Waals surface area (Å²) in [5.74, 6) is 0.726. The van der Waals surface area contributed by atoms with Gasteiger partial charge in [0.1, 0.15) is 5.82 Å². The molecule has 106 valence electrons. The molecule has 0 radical (unpaired) electrons. The second-order valence-electron chi connectivity index (χ2n) is 3.69. The summed E-state index contributed by atoms with van der Waals surface area (Å²) in [5.41, 5.74) is 0.896. The number of hydrogen-bond acceptors (Lipinski definition) is 5. The van der Waals surface area contributed by atoms with Crippen LogP contribution in [-0.4, -0.2) is 49.4 Å². The SMILES string of the molecule is CNc1ncccc1CN(CCOC)C(=O)OCCl. The maximum Gasteiger partial charge on any atom is 0.411 e. The van der Waals surface area contributed by atoms with Crippen LogP contribution >= 0.6 is 11.6 Å². The van der Waals surface area contributed by atoms with Gasteiger partial charge in [-0.15, -0.1) is 0 Å². The highest BCUT2D eigenvalue weighted by atomic mass is 35.5. The van der Waals surface area contributed by atoms with Crippen molar-refractivity contribution < 1.29 is 14.3 Å². The van der Waals surface area contributed by atoms with Gasteiger partial charge in [0.15, 0.2) is 6.07 Å². The fraction of sp³-hybridized carbons (Fsp3) is 0.500. The number of rotatable bonds is 7. The minimum absolute atomic E-state index is 0.172. The van der Waals surface area contributed by atoms with Crippen LogP contribution < -0.4 is 5.32 Å². The lowest BCUT2D eigenvalue weighted by molar-refractivity contribution is 0.0962. The fourth-order valence-electron chi connectivity index (χ4n) is 1.57. The van der Waals surface area contributed by atoms with Crippen LogP contribution in [0.1, 0.15) is 5.56 Å². The van der Waals surface area contributed by atoms with Crippen molar-refractivity contribution in [2.45, 2.75) is 6.54 Å². The van der Waals surface area contributed by atoms with E-state index in [-0.39, 0.29) is 6.07 Å². The van der Waals surface area contributed by atoms with Crippen LogP contribution in [0.15, 0.2) is 18.3 Å². The third-order valence-corrected chi connectivity index (χ3v) is 2.60. The maximum atomic E-state index is 11.8. The molecule has 19 heavy (non-hydrogen) atoms. The van der Waals surface area contributed by atoms with E-state index >= 15 is 0 Å². The maximum absolute atomic E-state index is 11.8. The number of carbonyl (C=O) groups excluding carboxylic acids is 1. The van der Waals surface area contributed by atoms with Gasteiger partial charge < -0.3 is 19.7 Å². The van der Waals surface area contributed by atoms with E-state index in [1.54, 1.807) is 20.4 Å². The Hall–Kier alpha value is -1.53. The van der Waals surface area contributed by atoms with Crippen molar-refractivity contribution in [1.82, 2.24) is 9.88 Å². The van der Waals surface area contributed by atoms with Gasteiger partial charge in [-0.1, -0.05) is 17.7 Å². The van der Waals surface area contributed by atoms with Gasteiger partial charge in [0.25, 0.3) is 0 Å². The molecule has 0 aliphatic rings. The lowest BCUT2D eigenvalue weighted by Crippen LogP contribution is -2.34. The summed E-state index contributed by atoms with van der Waals surface area (Å²) in [4.78, 5) is 17.5. The van der Waals surface area contributed by atoms with Gasteiger partial charge in [-0.25, -0.2) is 9.78 Å². The number of nitrogens with zero attached hydrogens (tertiary/aromatic N) is 2. The average molecular weight is 288 g/mol. The summed E-state index contributed by atoms with van der Waals surface area (Å²) in [6.45, 7) is 1.22. The number of methoxy groups -OCH3 is 1. The Morgan fingerprint density at radius 1 is 1.58 bits per heavy atom. The lowest BCUT2D eigenvalue weighted by atomic mass is 10.2. The van der Waals surface area contributed by atoms with Crippen molar-refractivity contribution in [2.24, 2.45) is 0 Å². The summed E-state index contributed by atoms with van der Waals surface area (Å²) in [7, 11) is 3.36. The van der Waals surface area contributed by atoms with Crippen molar-refractivity contribution in [3.8, 4) is 0 Å². The highest BCUT2D eigenvalue weighted by Gasteiger charge is 2.16. The number of aromatic nitrogens is 1. The molecule has 1 aromatic rings. The molecule has 0 spiro atoms. The predicted octanol–water partition coefficient (Wildman–Crippen LogP) is 1.90. The predicted molar refractivity (Wildman–Crippen MR) is 73.3 cm³/mol. The van der Waals surface area contributed by atoms with Crippen molar-refractivity contribution in [3.63, 3.8) is 0 Å². The van der Waals surface area contributed by atoms with Gasteiger partial charge in [0.05, 0.1) is 13.2 Å². The summed E-state index contributed by atoms with van der Waals surface area (Å²) < 4.78 is 9.78. The molecule has 1 N–H and O–H groups in total. The molecule has 6 nitrogen and oxygen atoms in total. The van der Waals surface area contributed by atoms with E-state index in [2.05, 4.69) is 10.3 Å². The molecule has 0 unspecified atom stereocenters. The number of hydrogen-bond donors (Lipinski definition) is 1. The Labute approximate surface area is 117 Å². The summed E-state index contributed by atoms with van der Waals surface area (Å²) in [6, 6.07) is 3.54. The molecule has 1 rings (SSSR count). The first-order chi connectivity index (χ1) is 9.22. The third-order valence-electron chi connectivity index (χ3n) is 2.49. The molecule has 7 heteroatoms. The molecule has 1 aromatic heterocycles. The Bertz CT molecular complexity index is 404. The van der Waals surface area contributed by atoms with Crippen LogP contribution in [-0.2, 0) is 16.0 Å². The highest BCUT2D eigenvalue weighted by molar-refractivity contribution is 6.17. The molecule has 0 atom stereocenters. The van der Waals surface area contributed by atoms with Crippen molar-refractivity contribution >= 4 is 23.5 Å². The summed E-state index contributed by atoms with van der Waals surface area (Å²) >= 11 is 5.41. The molecule has 0 aliphatic carbocycles. The number of ether oxygens (including phenoxy) is 2. The van der Waals surface area contributed by atoms with Gasteiger partial charge in [-0.05, 0) is 6.07 Å². The standard InChI is InChI=1S/C12H18ClN3O3/c1-14-11-10(4-3-5-15-11)8-16(6-7-18-2)12(17)19-9-13/h3-5H,6-9H2,1-2H3,(H,14,15). The zero-order valence-corrected chi connectivity index (χ0v) is 11.8. The first kappa shape index (κ1) is 15.5. The zero-order valence-electron chi connectivity index (χ0n) is 11.1. The Kier molecular flexibility index (Phi) is 6.99. The monoisotopic (exact) mass is 287 g/mol. The number of nitrogens with one attached hydrogen (secondary N) is 1. The second-order valence-corrected chi connectivity index (χ2v) is 3.91. The normalized spacial score (nSPS) is 10.1. The third kappa shape index (κ3) is 4.92. The van der Waals surface area contributed by atoms with Crippen LogP contribution in [0.5, 0.6) is 0 Å². The molecule has 0 aliphatic heterocycles. The first-order valence-corrected chi connectivity index (χ1v) is 6.34. The Morgan fingerprint density at radius 3 is 3.00 bits per heavy atom. The number of amides is 1. The number of carbonyl (C=O) groups is 1. The van der Waals surface area contributed by atoms with E-state index in [0.29, 0.717) is 19.7 Å². The molecular weight excluding hydrogens is 270 g/mol. The molecule has 0 bridgehead atoms. The summed E-state index contributed by atoms with van der Waals surface area (Å²) in [5, 5.41) is 2.98. The van der Waals surface area contributed by atoms with Crippen LogP contribution in [0.4, 0.5) is 10.6 Å². The van der Waals surface area contributed by atoms with E-state index in [1.807, 2.05) is 12.1 Å². The lowest BCUT2D eigenvalue weighted by Gasteiger charge is -2.22. The van der Waals surface area contributed by atoms with Crippen LogP contribution in [0.25, 0.3) is 0 Å². The van der Waals surface area contributed by atoms with E-state index in [9.17, 15) is 4.79 Å². The van der Waals surface area contributed by atoms with E-state index in [4.69, 9.17) is 21.1 Å². The second kappa shape index (κ2) is 8.55. The van der Waals surface area contributed by atoms with E-state index < -0.39 is 6.09 Å². The number of alkyl halides is 1. The number of halogens is 1. The van der Waals surface area contributed by atoms with Gasteiger partial charge in [0, 0.05) is 32.5 Å². The van der Waals surface area contributed by atoms with Gasteiger partial charge in [-0.3, -0.25) is 0 Å². The number of pyridine rings is 1. The topological polar surface area (TPSA) is 63.7 Å². The van der Waals surface area contributed by atoms with Crippen LogP contribution in [0.3, 0.4) is 0 Å². The molecule has 1 heterocycles. The van der Waals surface area contributed by atoms with Gasteiger partial charge in [-0.2, -0.15) is 0 Å². The fourth-order valence-corrected chi connectivity index (χ4v) is 1.66. The van der Waals surface area contributed by atoms with Crippen molar-refractivity contribution in [3.05, 3.63) is 23.9 Å². The number of anilines is 1. The van der Waals surface area contributed by atoms with Gasteiger partial charge >= 0.3 is 6.09 Å². The zero-order chi connectivity index (χ0) is 14.1. The van der Waals surface area contributed by atoms with E-state index in [1.165, 1.54) is 4.90 Å². The Morgan fingerprint density at radius 2 is 2.37 bits per heavy atom. The average Bonchev–Trinajstić information content (AvgIpc) is 2.44. The van der Waals surface area contributed by atoms with Gasteiger partial charge in [0.2, 0.25) is 0 Å². The molecule has 1 amide bonds. The van der Waals surface area contributed by atoms with Crippen molar-refractivity contribution in [1.29, 1.82) is 0 Å². The smallest absolute Gasteiger partial charge is 0.411 e. The van der Waals surface area contributed by atoms with Crippen molar-refractivity contribution in [2.75, 3.05) is 38.7 Å². The molecule has 0 saturated heterocycles. The minimum atomic E-state index is -0.474. The summed E-state index contributed by atoms with van der Waals surface area (Å²) in [6.07, 6.45) is 1.21. The first-order valence-electron chi connectivity index (χ1n) is 5.81. The Balaban J connectivity index is 2.77. The molecule has 0 fully saturated rings. The minimum Gasteiger partial charge on any atom is -0.433 e. The van der Waals surface area contributed by atoms with Crippen LogP contribution in [0.2, 0.25) is 0 Å². The van der Waals surface area contributed by atoms with E-state index in [0.717, 1.165) is 11.4 Å². The molecule has 0 saturated carbocycles. The quantitative estimate of drug-likeness (QED) is 0.776. The molecule has 0 aromatic carbocycles. The highest BCUT2D eigenvalue weighted by Crippen LogP contribution is 2.14. The largest absolute Gasteiger partial charge is 0.433 e. The molecular formula is C12H18ClN3O3.